The van der Waals surface area contributed by atoms with Crippen LogP contribution in [0.3, 0.4) is 0 Å². The molecule has 2 heterocycles. The predicted molar refractivity (Wildman–Crippen MR) is 54.2 cm³/mol. The number of H-pyrrole nitrogens is 1. The molecule has 2 atom stereocenters. The number of amides is 1. The minimum absolute atomic E-state index is 0.0105. The molecule has 1 aliphatic heterocycles. The summed E-state index contributed by atoms with van der Waals surface area (Å²) in [5, 5.41) is 24.5. The SMILES string of the molecule is Cc1nc(C(=O)N2CC(O)CC2C(=O)O)n[nH]1. The molecule has 0 spiro atoms. The van der Waals surface area contributed by atoms with E-state index in [0.29, 0.717) is 5.82 Å². The van der Waals surface area contributed by atoms with E-state index in [9.17, 15) is 14.7 Å². The van der Waals surface area contributed by atoms with E-state index in [1.807, 2.05) is 0 Å². The lowest BCUT2D eigenvalue weighted by molar-refractivity contribution is -0.141. The van der Waals surface area contributed by atoms with Crippen molar-refractivity contribution in [2.75, 3.05) is 6.54 Å². The summed E-state index contributed by atoms with van der Waals surface area (Å²) < 4.78 is 0. The molecule has 2 unspecified atom stereocenters. The van der Waals surface area contributed by atoms with Crippen LogP contribution in [0.25, 0.3) is 0 Å². The van der Waals surface area contributed by atoms with Crippen molar-refractivity contribution < 1.29 is 19.8 Å². The van der Waals surface area contributed by atoms with Gasteiger partial charge in [0.1, 0.15) is 11.9 Å². The zero-order chi connectivity index (χ0) is 12.6. The Morgan fingerprint density at radius 2 is 2.24 bits per heavy atom. The van der Waals surface area contributed by atoms with E-state index >= 15 is 0 Å². The normalized spacial score (nSPS) is 24.0. The van der Waals surface area contributed by atoms with Crippen molar-refractivity contribution >= 4 is 11.9 Å². The molecular weight excluding hydrogens is 228 g/mol. The second kappa shape index (κ2) is 4.13. The number of nitrogens with one attached hydrogen (secondary N) is 1. The number of nitrogens with zero attached hydrogens (tertiary/aromatic N) is 3. The van der Waals surface area contributed by atoms with Crippen molar-refractivity contribution in [3.63, 3.8) is 0 Å². The van der Waals surface area contributed by atoms with Crippen LogP contribution in [0.1, 0.15) is 22.9 Å². The Hall–Kier alpha value is -1.96. The van der Waals surface area contributed by atoms with Crippen molar-refractivity contribution in [1.29, 1.82) is 0 Å². The number of rotatable bonds is 2. The largest absolute Gasteiger partial charge is 0.480 e. The van der Waals surface area contributed by atoms with Crippen molar-refractivity contribution in [1.82, 2.24) is 20.1 Å². The fourth-order valence-electron chi connectivity index (χ4n) is 1.84. The predicted octanol–water partition coefficient (Wildman–Crippen LogP) is -1.23. The maximum Gasteiger partial charge on any atom is 0.326 e. The van der Waals surface area contributed by atoms with E-state index in [4.69, 9.17) is 5.11 Å². The fraction of sp³-hybridized carbons (Fsp3) is 0.556. The number of aromatic amines is 1. The number of likely N-dealkylation sites (tertiary alicyclic amines) is 1. The quantitative estimate of drug-likeness (QED) is 0.595. The number of carbonyl (C=O) groups is 2. The van der Waals surface area contributed by atoms with Gasteiger partial charge in [-0.05, 0) is 6.92 Å². The highest BCUT2D eigenvalue weighted by Crippen LogP contribution is 2.19. The number of hydrogen-bond acceptors (Lipinski definition) is 5. The maximum atomic E-state index is 11.9. The van der Waals surface area contributed by atoms with Crippen molar-refractivity contribution in [3.8, 4) is 0 Å². The number of carbonyl (C=O) groups excluding carboxylic acids is 1. The van der Waals surface area contributed by atoms with E-state index in [2.05, 4.69) is 15.2 Å². The van der Waals surface area contributed by atoms with Crippen LogP contribution < -0.4 is 0 Å². The Labute approximate surface area is 96.3 Å². The summed E-state index contributed by atoms with van der Waals surface area (Å²) in [5.74, 6) is -1.33. The summed E-state index contributed by atoms with van der Waals surface area (Å²) in [5.41, 5.74) is 0. The van der Waals surface area contributed by atoms with Gasteiger partial charge < -0.3 is 15.1 Å². The highest BCUT2D eigenvalue weighted by molar-refractivity contribution is 5.93. The average Bonchev–Trinajstić information content (AvgIpc) is 2.83. The van der Waals surface area contributed by atoms with Gasteiger partial charge >= 0.3 is 5.97 Å². The number of aliphatic carboxylic acids is 1. The highest BCUT2D eigenvalue weighted by atomic mass is 16.4. The van der Waals surface area contributed by atoms with Crippen LogP contribution in [0.5, 0.6) is 0 Å². The number of hydrogen-bond donors (Lipinski definition) is 3. The molecule has 8 nitrogen and oxygen atoms in total. The lowest BCUT2D eigenvalue weighted by atomic mass is 10.2. The standard InChI is InChI=1S/C9H12N4O4/c1-4-10-7(12-11-4)8(15)13-3-5(14)2-6(13)9(16)17/h5-6,14H,2-3H2,1H3,(H,16,17)(H,10,11,12). The van der Waals surface area contributed by atoms with Crippen LogP contribution in [0.4, 0.5) is 0 Å². The molecule has 0 radical (unpaired) electrons. The van der Waals surface area contributed by atoms with Gasteiger partial charge in [-0.3, -0.25) is 9.89 Å². The molecule has 8 heteroatoms. The number of carboxylic acid groups (broad SMARTS) is 1. The molecule has 3 N–H and O–H groups in total. The molecule has 1 amide bonds. The van der Waals surface area contributed by atoms with Crippen LogP contribution in [0.15, 0.2) is 0 Å². The van der Waals surface area contributed by atoms with Crippen molar-refractivity contribution in [2.45, 2.75) is 25.5 Å². The molecule has 1 saturated heterocycles. The molecule has 0 saturated carbocycles. The summed E-state index contributed by atoms with van der Waals surface area (Å²) in [6.45, 7) is 1.63. The molecule has 0 aliphatic carbocycles. The third-order valence-electron chi connectivity index (χ3n) is 2.61. The molecule has 0 aromatic carbocycles. The third kappa shape index (κ3) is 2.11. The molecule has 1 aromatic rings. The molecule has 1 aromatic heterocycles. The first kappa shape index (κ1) is 11.5. The van der Waals surface area contributed by atoms with E-state index < -0.39 is 24.0 Å². The molecule has 2 rings (SSSR count). The second-order valence-electron chi connectivity index (χ2n) is 3.95. The van der Waals surface area contributed by atoms with Gasteiger partial charge in [0, 0.05) is 13.0 Å². The Balaban J connectivity index is 2.21. The van der Waals surface area contributed by atoms with Gasteiger partial charge in [0.05, 0.1) is 6.10 Å². The van der Waals surface area contributed by atoms with Gasteiger partial charge in [-0.2, -0.15) is 0 Å². The zero-order valence-electron chi connectivity index (χ0n) is 9.12. The minimum atomic E-state index is -1.14. The molecular formula is C9H12N4O4. The molecule has 0 bridgehead atoms. The van der Waals surface area contributed by atoms with E-state index in [1.54, 1.807) is 6.92 Å². The number of aryl methyl sites for hydroxylation is 1. The first-order valence-electron chi connectivity index (χ1n) is 5.10. The summed E-state index contributed by atoms with van der Waals surface area (Å²) in [7, 11) is 0. The smallest absolute Gasteiger partial charge is 0.326 e. The van der Waals surface area contributed by atoms with Crippen LogP contribution in [-0.4, -0.2) is 60.9 Å². The lowest BCUT2D eigenvalue weighted by Gasteiger charge is -2.19. The van der Waals surface area contributed by atoms with Gasteiger partial charge in [0.2, 0.25) is 5.82 Å². The van der Waals surface area contributed by atoms with Crippen LogP contribution in [0, 0.1) is 6.92 Å². The fourth-order valence-corrected chi connectivity index (χ4v) is 1.84. The van der Waals surface area contributed by atoms with Crippen LogP contribution in [0.2, 0.25) is 0 Å². The third-order valence-corrected chi connectivity index (χ3v) is 2.61. The Bertz CT molecular complexity index is 458. The summed E-state index contributed by atoms with van der Waals surface area (Å²) in [6, 6.07) is -1.02. The van der Waals surface area contributed by atoms with E-state index in [0.717, 1.165) is 4.90 Å². The molecule has 1 fully saturated rings. The summed E-state index contributed by atoms with van der Waals surface area (Å²) in [4.78, 5) is 27.8. The molecule has 92 valence electrons. The zero-order valence-corrected chi connectivity index (χ0v) is 9.12. The number of carboxylic acids is 1. The summed E-state index contributed by atoms with van der Waals surface area (Å²) in [6.07, 6.45) is -0.787. The van der Waals surface area contributed by atoms with Crippen molar-refractivity contribution in [3.05, 3.63) is 11.6 Å². The number of β-amino-alcohol motifs (C(OH)–C–C–N with tert-alkyl or cyclic N) is 1. The first-order valence-corrected chi connectivity index (χ1v) is 5.10. The lowest BCUT2D eigenvalue weighted by Crippen LogP contribution is -2.41. The molecule has 1 aliphatic rings. The summed E-state index contributed by atoms with van der Waals surface area (Å²) >= 11 is 0. The van der Waals surface area contributed by atoms with Gasteiger partial charge in [0.25, 0.3) is 5.91 Å². The first-order chi connectivity index (χ1) is 7.99. The Kier molecular flexibility index (Phi) is 2.80. The maximum absolute atomic E-state index is 11.9. The second-order valence-corrected chi connectivity index (χ2v) is 3.95. The van der Waals surface area contributed by atoms with Crippen LogP contribution >= 0.6 is 0 Å². The van der Waals surface area contributed by atoms with Gasteiger partial charge in [-0.1, -0.05) is 0 Å². The Morgan fingerprint density at radius 3 is 2.76 bits per heavy atom. The highest BCUT2D eigenvalue weighted by Gasteiger charge is 2.40. The topological polar surface area (TPSA) is 119 Å². The van der Waals surface area contributed by atoms with E-state index in [-0.39, 0.29) is 18.8 Å². The minimum Gasteiger partial charge on any atom is -0.480 e. The van der Waals surface area contributed by atoms with Crippen molar-refractivity contribution in [2.24, 2.45) is 0 Å². The van der Waals surface area contributed by atoms with E-state index in [1.165, 1.54) is 0 Å². The van der Waals surface area contributed by atoms with Crippen LogP contribution in [-0.2, 0) is 4.79 Å². The number of aromatic nitrogens is 3. The number of aliphatic hydroxyl groups is 1. The molecule has 17 heavy (non-hydrogen) atoms. The Morgan fingerprint density at radius 1 is 1.53 bits per heavy atom. The van der Waals surface area contributed by atoms with Gasteiger partial charge in [-0.25, -0.2) is 9.78 Å². The van der Waals surface area contributed by atoms with Gasteiger partial charge in [0.15, 0.2) is 0 Å². The van der Waals surface area contributed by atoms with Gasteiger partial charge in [-0.15, -0.1) is 5.10 Å². The number of aliphatic hydroxyl groups excluding tert-OH is 1. The monoisotopic (exact) mass is 240 g/mol. The average molecular weight is 240 g/mol.